The molecule has 0 bridgehead atoms. The molecular formula is C12H12N2O4S2. The topological polar surface area (TPSA) is 102 Å². The molecule has 0 radical (unpaired) electrons. The van der Waals surface area contributed by atoms with Crippen LogP contribution in [0.15, 0.2) is 45.8 Å². The van der Waals surface area contributed by atoms with Gasteiger partial charge in [0.15, 0.2) is 0 Å². The summed E-state index contributed by atoms with van der Waals surface area (Å²) in [6.07, 6.45) is 0. The second kappa shape index (κ2) is 5.61. The van der Waals surface area contributed by atoms with Gasteiger partial charge in [0.05, 0.1) is 16.9 Å². The van der Waals surface area contributed by atoms with Gasteiger partial charge in [0, 0.05) is 10.9 Å². The number of ether oxygens (including phenoxy) is 1. The van der Waals surface area contributed by atoms with Crippen LogP contribution in [0.25, 0.3) is 0 Å². The molecule has 0 unspecified atom stereocenters. The van der Waals surface area contributed by atoms with Crippen LogP contribution in [0.3, 0.4) is 0 Å². The lowest BCUT2D eigenvalue weighted by molar-refractivity contribution is 0.319. The smallest absolute Gasteiger partial charge is 0.238 e. The summed E-state index contributed by atoms with van der Waals surface area (Å²) < 4.78 is 27.5. The molecule has 0 fully saturated rings. The van der Waals surface area contributed by atoms with Crippen LogP contribution in [0.5, 0.6) is 5.75 Å². The van der Waals surface area contributed by atoms with Crippen LogP contribution in [0.4, 0.5) is 0 Å². The van der Waals surface area contributed by atoms with Gasteiger partial charge in [-0.05, 0) is 30.3 Å². The Morgan fingerprint density at radius 1 is 1.35 bits per heavy atom. The number of benzene rings is 1. The zero-order valence-electron chi connectivity index (χ0n) is 10.5. The molecule has 0 atom stereocenters. The van der Waals surface area contributed by atoms with E-state index in [4.69, 9.17) is 15.1 Å². The fourth-order valence-corrected chi connectivity index (χ4v) is 3.40. The average molecular weight is 312 g/mol. The maximum atomic E-state index is 11.2. The molecule has 1 aromatic heterocycles. The van der Waals surface area contributed by atoms with Crippen molar-refractivity contribution in [3.8, 4) is 5.75 Å². The maximum Gasteiger partial charge on any atom is 0.238 e. The Kier molecular flexibility index (Phi) is 4.07. The molecule has 2 aromatic rings. The first kappa shape index (κ1) is 14.5. The predicted molar refractivity (Wildman–Crippen MR) is 76.1 cm³/mol. The van der Waals surface area contributed by atoms with E-state index >= 15 is 0 Å². The van der Waals surface area contributed by atoms with E-state index in [-0.39, 0.29) is 10.6 Å². The lowest BCUT2D eigenvalue weighted by Gasteiger charge is -2.03. The molecule has 6 nitrogen and oxygen atoms in total. The van der Waals surface area contributed by atoms with Gasteiger partial charge in [0.2, 0.25) is 10.0 Å². The normalized spacial score (nSPS) is 12.4. The fourth-order valence-electron chi connectivity index (χ4n) is 1.59. The van der Waals surface area contributed by atoms with Gasteiger partial charge in [-0.25, -0.2) is 13.6 Å². The number of hydrogen-bond acceptors (Lipinski definition) is 6. The Morgan fingerprint density at radius 3 is 2.45 bits per heavy atom. The summed E-state index contributed by atoms with van der Waals surface area (Å²) in [6, 6.07) is 8.23. The summed E-state index contributed by atoms with van der Waals surface area (Å²) >= 11 is 1.13. The van der Waals surface area contributed by atoms with Crippen LogP contribution in [0.1, 0.15) is 10.4 Å². The highest BCUT2D eigenvalue weighted by atomic mass is 32.2. The van der Waals surface area contributed by atoms with E-state index in [0.29, 0.717) is 16.2 Å². The maximum absolute atomic E-state index is 11.2. The Bertz CT molecular complexity index is 733. The van der Waals surface area contributed by atoms with Crippen LogP contribution in [-0.2, 0) is 10.0 Å². The second-order valence-electron chi connectivity index (χ2n) is 3.87. The molecule has 0 spiro atoms. The first-order chi connectivity index (χ1) is 9.45. The SMILES string of the molecule is COc1ccc(/C(=N/O)c2cc(S(N)(=O)=O)cs2)cc1. The van der Waals surface area contributed by atoms with Crippen molar-refractivity contribution in [3.05, 3.63) is 46.2 Å². The van der Waals surface area contributed by atoms with E-state index in [1.807, 2.05) is 0 Å². The number of rotatable bonds is 4. The Balaban J connectivity index is 2.40. The highest BCUT2D eigenvalue weighted by Gasteiger charge is 2.15. The van der Waals surface area contributed by atoms with Crippen LogP contribution in [0, 0.1) is 0 Å². The van der Waals surface area contributed by atoms with Gasteiger partial charge in [-0.3, -0.25) is 0 Å². The van der Waals surface area contributed by atoms with E-state index < -0.39 is 10.0 Å². The number of oxime groups is 1. The van der Waals surface area contributed by atoms with Gasteiger partial charge in [-0.2, -0.15) is 0 Å². The van der Waals surface area contributed by atoms with Crippen molar-refractivity contribution >= 4 is 27.1 Å². The van der Waals surface area contributed by atoms with E-state index in [9.17, 15) is 8.42 Å². The summed E-state index contributed by atoms with van der Waals surface area (Å²) in [5.41, 5.74) is 0.906. The lowest BCUT2D eigenvalue weighted by atomic mass is 10.1. The number of thiophene rings is 1. The van der Waals surface area contributed by atoms with Crippen molar-refractivity contribution < 1.29 is 18.4 Å². The van der Waals surface area contributed by atoms with Crippen molar-refractivity contribution in [3.63, 3.8) is 0 Å². The molecule has 8 heteroatoms. The first-order valence-electron chi connectivity index (χ1n) is 5.44. The number of nitrogens with two attached hydrogens (primary N) is 1. The van der Waals surface area contributed by atoms with Crippen molar-refractivity contribution in [1.29, 1.82) is 0 Å². The molecule has 3 N–H and O–H groups in total. The zero-order valence-corrected chi connectivity index (χ0v) is 12.1. The zero-order chi connectivity index (χ0) is 14.8. The third-order valence-corrected chi connectivity index (χ3v) is 4.58. The third kappa shape index (κ3) is 2.98. The minimum atomic E-state index is -3.76. The van der Waals surface area contributed by atoms with Crippen molar-refractivity contribution in [2.75, 3.05) is 7.11 Å². The minimum Gasteiger partial charge on any atom is -0.497 e. The van der Waals surface area contributed by atoms with E-state index in [1.54, 1.807) is 31.4 Å². The van der Waals surface area contributed by atoms with Crippen LogP contribution in [-0.4, -0.2) is 26.4 Å². The summed E-state index contributed by atoms with van der Waals surface area (Å²) in [5.74, 6) is 0.669. The molecule has 1 aromatic carbocycles. The standard InChI is InChI=1S/C12H12N2O4S2/c1-18-9-4-2-8(3-5-9)12(14-15)11-6-10(7-19-11)20(13,16)17/h2-7,15H,1H3,(H2,13,16,17)/b14-12-. The van der Waals surface area contributed by atoms with Crippen LogP contribution < -0.4 is 9.88 Å². The van der Waals surface area contributed by atoms with Gasteiger partial charge in [0.1, 0.15) is 11.5 Å². The lowest BCUT2D eigenvalue weighted by Crippen LogP contribution is -2.11. The van der Waals surface area contributed by atoms with Crippen molar-refractivity contribution in [2.24, 2.45) is 10.3 Å². The van der Waals surface area contributed by atoms with Crippen molar-refractivity contribution in [1.82, 2.24) is 0 Å². The molecule has 20 heavy (non-hydrogen) atoms. The highest BCUT2D eigenvalue weighted by Crippen LogP contribution is 2.23. The van der Waals surface area contributed by atoms with Gasteiger partial charge in [-0.1, -0.05) is 5.16 Å². The van der Waals surface area contributed by atoms with Crippen LogP contribution in [0.2, 0.25) is 0 Å². The van der Waals surface area contributed by atoms with Gasteiger partial charge < -0.3 is 9.94 Å². The molecule has 0 saturated heterocycles. The summed E-state index contributed by atoms with van der Waals surface area (Å²) in [7, 11) is -2.21. The highest BCUT2D eigenvalue weighted by molar-refractivity contribution is 7.89. The summed E-state index contributed by atoms with van der Waals surface area (Å²) in [6.45, 7) is 0. The van der Waals surface area contributed by atoms with E-state index in [1.165, 1.54) is 11.4 Å². The Morgan fingerprint density at radius 2 is 2.00 bits per heavy atom. The van der Waals surface area contributed by atoms with E-state index in [2.05, 4.69) is 5.16 Å². The molecule has 0 saturated carbocycles. The predicted octanol–water partition coefficient (Wildman–Crippen LogP) is 1.63. The largest absolute Gasteiger partial charge is 0.497 e. The molecule has 2 rings (SSSR count). The minimum absolute atomic E-state index is 0.00726. The van der Waals surface area contributed by atoms with Gasteiger partial charge in [-0.15, -0.1) is 11.3 Å². The van der Waals surface area contributed by atoms with Crippen molar-refractivity contribution in [2.45, 2.75) is 4.90 Å². The monoisotopic (exact) mass is 312 g/mol. The number of primary sulfonamides is 1. The number of nitrogens with zero attached hydrogens (tertiary/aromatic N) is 1. The van der Waals surface area contributed by atoms with Gasteiger partial charge >= 0.3 is 0 Å². The molecule has 0 amide bonds. The van der Waals surface area contributed by atoms with Crippen LogP contribution >= 0.6 is 11.3 Å². The average Bonchev–Trinajstić information content (AvgIpc) is 2.90. The Hall–Kier alpha value is -1.90. The number of methoxy groups -OCH3 is 1. The second-order valence-corrected chi connectivity index (χ2v) is 6.34. The number of sulfonamides is 1. The number of hydrogen-bond donors (Lipinski definition) is 2. The quantitative estimate of drug-likeness (QED) is 0.509. The Labute approximate surface area is 120 Å². The molecule has 0 aliphatic heterocycles. The first-order valence-corrected chi connectivity index (χ1v) is 7.86. The third-order valence-electron chi connectivity index (χ3n) is 2.60. The summed E-state index contributed by atoms with van der Waals surface area (Å²) in [4.78, 5) is 0.494. The molecule has 0 aliphatic rings. The van der Waals surface area contributed by atoms with Gasteiger partial charge in [0.25, 0.3) is 0 Å². The van der Waals surface area contributed by atoms with E-state index in [0.717, 1.165) is 11.3 Å². The molecule has 0 aliphatic carbocycles. The summed E-state index contributed by atoms with van der Waals surface area (Å²) in [5, 5.41) is 18.8. The molecule has 106 valence electrons. The molecular weight excluding hydrogens is 300 g/mol. The fraction of sp³-hybridized carbons (Fsp3) is 0.0833. The molecule has 1 heterocycles.